The molecule has 4 bridgehead atoms. The molecule has 6 saturated heterocycles. The van der Waals surface area contributed by atoms with Crippen molar-refractivity contribution in [2.45, 2.75) is 98.2 Å². The van der Waals surface area contributed by atoms with Crippen LogP contribution in [0.15, 0.2) is 50.6 Å². The SMILES string of the molecule is Nc1ncnc2c1ncn2[C@@H]1O[C@@H]2COP(=O)([S-])O[C@H]3[C@@H](O)[C@@H](COP(=O)([S-])O[C@@H]2[C@@H]1O)O[C@H]3n1cnc2c(N)ncnc21.Nc1ncnc2c1ncn2[C@@H]1O[C@@H]2COP(=O)([S-])O[C@H]3[C@@H](OO)[C@@H](COP(=O)([S-])O[C@@H]2[C@@H]1OO)O[C@H]3n1cnc2c(N)ncnc21.[Na+].[Na+].[Na+].[Na+]. The van der Waals surface area contributed by atoms with Crippen molar-refractivity contribution >= 4 is 144 Å². The van der Waals surface area contributed by atoms with Crippen LogP contribution in [0, 0.1) is 0 Å². The molecular weight excluding hydrogens is 1460 g/mol. The molecule has 0 radical (unpaired) electrons. The summed E-state index contributed by atoms with van der Waals surface area (Å²) in [5.74, 6) is 0.303. The molecule has 94 heavy (non-hydrogen) atoms. The number of fused-ring (bicyclic) bond motifs is 10. The molecule has 0 aliphatic carbocycles. The van der Waals surface area contributed by atoms with Gasteiger partial charge in [0.25, 0.3) is 0 Å². The maximum atomic E-state index is 13.6. The predicted molar refractivity (Wildman–Crippen MR) is 305 cm³/mol. The van der Waals surface area contributed by atoms with E-state index in [0.29, 0.717) is 0 Å². The Bertz CT molecular complexity index is 4250. The largest absolute Gasteiger partial charge is 1.00 e. The fourth-order valence-electron chi connectivity index (χ4n) is 10.6. The van der Waals surface area contributed by atoms with E-state index in [0.717, 1.165) is 0 Å². The summed E-state index contributed by atoms with van der Waals surface area (Å²) in [4.78, 5) is 58.2. The fraction of sp³-hybridized carbons (Fsp3) is 0.500. The van der Waals surface area contributed by atoms with Gasteiger partial charge in [-0.2, -0.15) is 0 Å². The van der Waals surface area contributed by atoms with Gasteiger partial charge < -0.3 is 137 Å². The number of aliphatic hydroxyl groups is 2. The van der Waals surface area contributed by atoms with Crippen molar-refractivity contribution in [1.82, 2.24) is 78.1 Å². The number of hydrogen-bond acceptors (Lipinski definition) is 42. The van der Waals surface area contributed by atoms with Gasteiger partial charge in [-0.05, 0) is 0 Å². The Morgan fingerprint density at radius 2 is 0.702 bits per heavy atom. The summed E-state index contributed by atoms with van der Waals surface area (Å²) in [5.41, 5.74) is 25.3. The smallest absolute Gasteiger partial charge is 0.660 e. The van der Waals surface area contributed by atoms with E-state index in [1.54, 1.807) is 0 Å². The minimum Gasteiger partial charge on any atom is -0.660 e. The second-order valence-electron chi connectivity index (χ2n) is 20.0. The number of anilines is 4. The molecule has 4 unspecified atom stereocenters. The second kappa shape index (κ2) is 30.9. The summed E-state index contributed by atoms with van der Waals surface area (Å²) in [6.07, 6.45) is -11.8. The van der Waals surface area contributed by atoms with E-state index in [1.807, 2.05) is 0 Å². The molecule has 0 amide bonds. The van der Waals surface area contributed by atoms with Crippen LogP contribution in [-0.4, -0.2) is 198 Å². The summed E-state index contributed by atoms with van der Waals surface area (Å²) >= 11 is 20.6. The van der Waals surface area contributed by atoms with Crippen molar-refractivity contribution in [2.24, 2.45) is 0 Å². The average Bonchev–Trinajstić information content (AvgIpc) is 1.63. The first-order valence-corrected chi connectivity index (χ1v) is 36.0. The molecule has 14 rings (SSSR count). The van der Waals surface area contributed by atoms with Gasteiger partial charge in [0.05, 0.1) is 51.7 Å². The van der Waals surface area contributed by atoms with Gasteiger partial charge in [0.2, 0.25) is 13.6 Å². The number of ether oxygens (including phenoxy) is 4. The molecule has 54 heteroatoms. The van der Waals surface area contributed by atoms with Gasteiger partial charge in [0, 0.05) is 0 Å². The molecular formula is C40H44N20Na4O22P4S4. The van der Waals surface area contributed by atoms with Crippen molar-refractivity contribution in [3.63, 3.8) is 0 Å². The zero-order chi connectivity index (χ0) is 63.3. The predicted octanol–water partition coefficient (Wildman–Crippen LogP) is -12.0. The van der Waals surface area contributed by atoms with Crippen LogP contribution in [-0.2, 0) is 132 Å². The Kier molecular flexibility index (Phi) is 25.4. The Hall–Kier alpha value is -1.00. The van der Waals surface area contributed by atoms with Crippen LogP contribution in [0.5, 0.6) is 0 Å². The minimum atomic E-state index is -4.50. The van der Waals surface area contributed by atoms with Gasteiger partial charge in [0.1, 0.15) is 108 Å². The van der Waals surface area contributed by atoms with Gasteiger partial charge in [0.15, 0.2) is 96.6 Å². The minimum absolute atomic E-state index is 0. The van der Waals surface area contributed by atoms with E-state index >= 15 is 0 Å². The van der Waals surface area contributed by atoms with Crippen LogP contribution in [0.2, 0.25) is 0 Å². The molecule has 42 nitrogen and oxygen atoms in total. The molecule has 6 fully saturated rings. The topological polar surface area (TPSA) is 557 Å². The molecule has 0 saturated carbocycles. The van der Waals surface area contributed by atoms with Crippen LogP contribution < -0.4 is 141 Å². The van der Waals surface area contributed by atoms with Crippen LogP contribution in [0.25, 0.3) is 44.7 Å². The molecule has 8 aromatic rings. The van der Waals surface area contributed by atoms with Gasteiger partial charge in [-0.3, -0.25) is 47.0 Å². The molecule has 8 aromatic heterocycles. The Morgan fingerprint density at radius 3 is 1.13 bits per heavy atom. The third-order valence-electron chi connectivity index (χ3n) is 14.7. The molecule has 0 spiro atoms. The van der Waals surface area contributed by atoms with E-state index in [9.17, 15) is 39.0 Å². The zero-order valence-electron chi connectivity index (χ0n) is 48.7. The van der Waals surface area contributed by atoms with E-state index in [1.165, 1.54) is 68.9 Å². The Morgan fingerprint density at radius 1 is 0.394 bits per heavy atom. The number of imidazole rings is 4. The quantitative estimate of drug-likeness (QED) is 0.0252. The first-order chi connectivity index (χ1) is 42.9. The molecule has 20 atom stereocenters. The number of nitrogens with zero attached hydrogens (tertiary/aromatic N) is 16. The molecule has 12 N–H and O–H groups in total. The third-order valence-corrected chi connectivity index (χ3v) is 20.8. The van der Waals surface area contributed by atoms with Gasteiger partial charge in [-0.25, -0.2) is 69.6 Å². The number of aliphatic hydroxyl groups excluding tert-OH is 2. The van der Waals surface area contributed by atoms with Crippen LogP contribution in [0.1, 0.15) is 24.9 Å². The maximum Gasteiger partial charge on any atom is 1.00 e. The fourth-order valence-corrected chi connectivity index (χ4v) is 16.3. The van der Waals surface area contributed by atoms with Gasteiger partial charge >= 0.3 is 118 Å². The van der Waals surface area contributed by atoms with E-state index < -0.39 is 152 Å². The molecule has 484 valence electrons. The van der Waals surface area contributed by atoms with Crippen molar-refractivity contribution in [3.05, 3.63) is 50.6 Å². The van der Waals surface area contributed by atoms with Gasteiger partial charge in [-0.15, -0.1) is 0 Å². The summed E-state index contributed by atoms with van der Waals surface area (Å²) in [6, 6.07) is 0. The maximum absolute atomic E-state index is 13.6. The Labute approximate surface area is 635 Å². The van der Waals surface area contributed by atoms with Crippen LogP contribution in [0.3, 0.4) is 0 Å². The summed E-state index contributed by atoms with van der Waals surface area (Å²) < 4.78 is 128. The van der Waals surface area contributed by atoms with E-state index in [2.05, 4.69) is 69.6 Å². The van der Waals surface area contributed by atoms with Crippen molar-refractivity contribution < 1.29 is 222 Å². The summed E-state index contributed by atoms with van der Waals surface area (Å²) in [6.45, 7) is -20.2. The third kappa shape index (κ3) is 15.4. The normalized spacial score (nSPS) is 36.1. The van der Waals surface area contributed by atoms with Crippen molar-refractivity contribution in [1.29, 1.82) is 0 Å². The van der Waals surface area contributed by atoms with E-state index in [-0.39, 0.29) is 186 Å². The number of rotatable bonds is 6. The summed E-state index contributed by atoms with van der Waals surface area (Å²) in [7, 11) is 0. The number of aromatic nitrogens is 16. The standard InChI is InChI=1S/C20H24N10O12P2S2.C20H24N10O10P2S2.4Na/c21-15-9-17(25-3-23-15)29(5-27-9)19-13(40-32)12-8(38-19)2-36-44(34,46)42-14-11(39-31)7(1-35-43(33,45)41-12)37-20(14)30-6-28-10-16(22)24-4-26-18(10)30;21-15-9-17(25-3-23-15)29(5-27-9)19-12(32)13-8(38-19)2-36-42(34,44)40-14-11(31)7(1-35-41(33,43)39-13)37-20(14)30-6-28-10-16(22)24-4-26-18(10)30;;;;/h3-8,11-14,19-20,31-32H,1-2H2,(H,33,45)(H,34,46)(H2,21,23,25)(H2,22,24,26);3-8,11-14,19-20,31-32H,1-2H2,(H,33,43)(H,34,44)(H2,21,23,25)(H2,22,24,26);;;;/q;;4*+1/p-4/t7-,8-,11+,12+,13+,14+,19-,20-,43?,44?;7-,8-,11+,12+,13+,14+,19-,20-,41?,42?;;;;/m11..../s1. The molecule has 6 aliphatic rings. The van der Waals surface area contributed by atoms with Crippen LogP contribution in [0.4, 0.5) is 23.3 Å². The monoisotopic (exact) mass is 1500 g/mol. The summed E-state index contributed by atoms with van der Waals surface area (Å²) in [5, 5.41) is 42.1. The van der Waals surface area contributed by atoms with E-state index in [4.69, 9.17) is 127 Å². The van der Waals surface area contributed by atoms with Crippen molar-refractivity contribution in [3.8, 4) is 0 Å². The van der Waals surface area contributed by atoms with Crippen LogP contribution >= 0.6 is 27.2 Å². The molecule has 14 heterocycles. The Balaban J connectivity index is 0.000000212. The first kappa shape index (κ1) is 77.2. The number of hydrogen-bond donors (Lipinski definition) is 8. The average molecular weight is 1500 g/mol. The number of nitrogen functional groups attached to an aromatic ring is 4. The van der Waals surface area contributed by atoms with Gasteiger partial charge in [-0.1, -0.05) is 0 Å². The zero-order valence-corrected chi connectivity index (χ0v) is 63.6. The molecule has 0 aromatic carbocycles. The van der Waals surface area contributed by atoms with Crippen molar-refractivity contribution in [2.75, 3.05) is 49.4 Å². The first-order valence-electron chi connectivity index (χ1n) is 25.8. The molecule has 6 aliphatic heterocycles. The number of nitrogens with two attached hydrogens (primary N) is 4. The second-order valence-corrected chi connectivity index (χ2v) is 30.8.